The number of carbonyl (C=O) groups is 5. The molecule has 7 atom stereocenters. The highest BCUT2D eigenvalue weighted by molar-refractivity contribution is 6.01. The molecule has 2 bridgehead atoms. The maximum Gasteiger partial charge on any atom is 0.312 e. The number of esters is 3. The zero-order valence-corrected chi connectivity index (χ0v) is 28.3. The molecule has 1 aromatic carbocycles. The van der Waals surface area contributed by atoms with Crippen LogP contribution in [0.1, 0.15) is 72.9 Å². The van der Waals surface area contributed by atoms with E-state index in [1.54, 1.807) is 51.1 Å². The van der Waals surface area contributed by atoms with Gasteiger partial charge in [0.25, 0.3) is 0 Å². The molecule has 1 aromatic rings. The zero-order valence-electron chi connectivity index (χ0n) is 28.3. The van der Waals surface area contributed by atoms with Gasteiger partial charge in [0.2, 0.25) is 5.91 Å². The van der Waals surface area contributed by atoms with E-state index >= 15 is 0 Å². The number of Topliss-reactive ketones (excluding diaryl/α,β-unsaturated/α-hetero) is 1. The molecule has 11 nitrogen and oxygen atoms in total. The van der Waals surface area contributed by atoms with E-state index in [4.69, 9.17) is 18.9 Å². The molecule has 48 heavy (non-hydrogen) atoms. The second kappa shape index (κ2) is 13.6. The highest BCUT2D eigenvalue weighted by Crippen LogP contribution is 2.59. The lowest BCUT2D eigenvalue weighted by Gasteiger charge is -2.60. The first-order valence-electron chi connectivity index (χ1n) is 16.1. The van der Waals surface area contributed by atoms with Gasteiger partial charge in [-0.3, -0.25) is 24.0 Å². The van der Waals surface area contributed by atoms with E-state index in [1.807, 2.05) is 26.3 Å². The number of aliphatic hydroxyl groups excluding tert-OH is 1. The van der Waals surface area contributed by atoms with Crippen molar-refractivity contribution in [3.05, 3.63) is 83.4 Å². The van der Waals surface area contributed by atoms with E-state index in [0.29, 0.717) is 22.3 Å². The number of fused-ring (bicyclic) bond motifs is 5. The third kappa shape index (κ3) is 6.46. The molecule has 0 aromatic heterocycles. The van der Waals surface area contributed by atoms with Gasteiger partial charge in [-0.25, -0.2) is 0 Å². The van der Waals surface area contributed by atoms with Crippen LogP contribution in [-0.2, 0) is 42.9 Å². The summed E-state index contributed by atoms with van der Waals surface area (Å²) in [6, 6.07) is 8.21. The molecule has 0 spiro atoms. The fourth-order valence-electron chi connectivity index (χ4n) is 7.43. The smallest absolute Gasteiger partial charge is 0.312 e. The highest BCUT2D eigenvalue weighted by Gasteiger charge is 2.68. The van der Waals surface area contributed by atoms with Crippen LogP contribution >= 0.6 is 0 Å². The summed E-state index contributed by atoms with van der Waals surface area (Å²) >= 11 is 0. The maximum absolute atomic E-state index is 14.5. The van der Waals surface area contributed by atoms with Gasteiger partial charge in [-0.1, -0.05) is 50.3 Å². The first-order valence-corrected chi connectivity index (χ1v) is 16.1. The summed E-state index contributed by atoms with van der Waals surface area (Å²) in [4.78, 5) is 65.7. The zero-order chi connectivity index (χ0) is 35.1. The maximum atomic E-state index is 14.5. The van der Waals surface area contributed by atoms with Gasteiger partial charge in [0.1, 0.15) is 12.2 Å². The lowest BCUT2D eigenvalue weighted by molar-refractivity contribution is -0.285. The number of hydrogen-bond donors (Lipinski definition) is 2. The van der Waals surface area contributed by atoms with Crippen molar-refractivity contribution in [1.82, 2.24) is 5.32 Å². The summed E-state index contributed by atoms with van der Waals surface area (Å²) in [6.45, 7) is 11.4. The van der Waals surface area contributed by atoms with Gasteiger partial charge < -0.3 is 29.4 Å². The normalized spacial score (nSPS) is 30.8. The van der Waals surface area contributed by atoms with E-state index in [0.717, 1.165) is 5.92 Å². The topological polar surface area (TPSA) is 155 Å². The van der Waals surface area contributed by atoms with Crippen molar-refractivity contribution in [2.24, 2.45) is 11.3 Å². The van der Waals surface area contributed by atoms with Crippen LogP contribution in [0.5, 0.6) is 0 Å². The Labute approximate surface area is 281 Å². The fourth-order valence-corrected chi connectivity index (χ4v) is 7.43. The van der Waals surface area contributed by atoms with Crippen molar-refractivity contribution in [3.63, 3.8) is 0 Å². The van der Waals surface area contributed by atoms with Gasteiger partial charge in [0.15, 0.2) is 17.5 Å². The summed E-state index contributed by atoms with van der Waals surface area (Å²) < 4.78 is 23.4. The van der Waals surface area contributed by atoms with Crippen molar-refractivity contribution in [2.75, 3.05) is 6.61 Å². The predicted molar refractivity (Wildman–Crippen MR) is 172 cm³/mol. The summed E-state index contributed by atoms with van der Waals surface area (Å²) in [5, 5.41) is 14.1. The van der Waals surface area contributed by atoms with Gasteiger partial charge in [-0.2, -0.15) is 0 Å². The number of allylic oxidation sites excluding steroid dienone is 1. The molecule has 3 fully saturated rings. The summed E-state index contributed by atoms with van der Waals surface area (Å²) in [5.74, 6) is -2.97. The third-order valence-electron chi connectivity index (χ3n) is 10.1. The number of carbonyl (C=O) groups excluding carboxylic acids is 5. The van der Waals surface area contributed by atoms with E-state index in [1.165, 1.54) is 20.3 Å². The quantitative estimate of drug-likeness (QED) is 0.183. The van der Waals surface area contributed by atoms with Crippen LogP contribution < -0.4 is 5.32 Å². The Morgan fingerprint density at radius 2 is 1.75 bits per heavy atom. The molecule has 1 unspecified atom stereocenters. The van der Waals surface area contributed by atoms with E-state index in [-0.39, 0.29) is 31.3 Å². The van der Waals surface area contributed by atoms with Gasteiger partial charge in [0.05, 0.1) is 31.1 Å². The molecule has 2 N–H and O–H groups in total. The molecule has 5 rings (SSSR count). The summed E-state index contributed by atoms with van der Waals surface area (Å²) in [6.07, 6.45) is 0.876. The lowest BCUT2D eigenvalue weighted by atomic mass is 9.52. The molecular weight excluding hydrogens is 618 g/mol. The minimum Gasteiger partial charge on any atom is -0.458 e. The number of hydrogen-bond acceptors (Lipinski definition) is 10. The Morgan fingerprint density at radius 3 is 2.33 bits per heavy atom. The monoisotopic (exact) mass is 661 g/mol. The van der Waals surface area contributed by atoms with Crippen LogP contribution in [0.3, 0.4) is 0 Å². The Balaban J connectivity index is 1.51. The van der Waals surface area contributed by atoms with Gasteiger partial charge in [0, 0.05) is 31.8 Å². The van der Waals surface area contributed by atoms with Gasteiger partial charge in [-0.15, -0.1) is 0 Å². The minimum atomic E-state index is -1.43. The number of benzene rings is 1. The van der Waals surface area contributed by atoms with Gasteiger partial charge >= 0.3 is 17.9 Å². The Hall–Kier alpha value is -3.83. The van der Waals surface area contributed by atoms with Crippen LogP contribution in [0, 0.1) is 36.0 Å². The number of ketones is 1. The summed E-state index contributed by atoms with van der Waals surface area (Å²) in [5.41, 5.74) is 0.0405. The second-order valence-corrected chi connectivity index (χ2v) is 13.4. The molecule has 3 aliphatic carbocycles. The van der Waals surface area contributed by atoms with E-state index in [9.17, 15) is 29.1 Å². The molecule has 1 amide bonds. The Bertz CT molecular complexity index is 1530. The van der Waals surface area contributed by atoms with Crippen molar-refractivity contribution < 1.29 is 48.0 Å². The molecule has 1 heterocycles. The van der Waals surface area contributed by atoms with E-state index in [2.05, 4.69) is 5.32 Å². The Morgan fingerprint density at radius 1 is 1.06 bits per heavy atom. The van der Waals surface area contributed by atoms with Crippen LogP contribution in [0.15, 0.2) is 53.1 Å². The highest BCUT2D eigenvalue weighted by atomic mass is 16.6. The molecule has 4 aliphatic rings. The molecule has 256 valence electrons. The number of ether oxygens (including phenoxy) is 4. The SMILES string of the molecule is C/C=C(\C)C(=O)N[C@H]([CH]C(=O)O[C@H]1C[C]2[CH]C3[C](C(=O)[C@H](OC(C)=O)C(=C1C)C2(C)C)[C@@H](O)C[C@H]1OC[C@@]31OC(C)=O)c1ccccc1. The van der Waals surface area contributed by atoms with Crippen LogP contribution in [-0.4, -0.2) is 71.3 Å². The fraction of sp³-hybridized carbons (Fsp3) is 0.486. The lowest BCUT2D eigenvalue weighted by Crippen LogP contribution is -2.72. The molecule has 1 saturated heterocycles. The molecule has 1 aliphatic heterocycles. The third-order valence-corrected chi connectivity index (χ3v) is 10.1. The molecular formula is C37H43NO10. The van der Waals surface area contributed by atoms with Crippen molar-refractivity contribution in [1.29, 1.82) is 0 Å². The predicted octanol–water partition coefficient (Wildman–Crippen LogP) is 3.62. The second-order valence-electron chi connectivity index (χ2n) is 13.4. The first-order chi connectivity index (χ1) is 22.6. The van der Waals surface area contributed by atoms with Crippen LogP contribution in [0.25, 0.3) is 0 Å². The number of rotatable bonds is 8. The molecule has 4 radical (unpaired) electrons. The van der Waals surface area contributed by atoms with Crippen molar-refractivity contribution >= 4 is 29.6 Å². The van der Waals surface area contributed by atoms with Gasteiger partial charge in [-0.05, 0) is 61.7 Å². The van der Waals surface area contributed by atoms with E-state index < -0.39 is 71.1 Å². The number of nitrogens with one attached hydrogen (secondary N) is 1. The average Bonchev–Trinajstić information content (AvgIpc) is 3.01. The van der Waals surface area contributed by atoms with Crippen molar-refractivity contribution in [3.8, 4) is 0 Å². The van der Waals surface area contributed by atoms with Crippen LogP contribution in [0.2, 0.25) is 0 Å². The minimum absolute atomic E-state index is 0.0161. The standard InChI is InChI=1S/C37H43NO10/c1-8-19(2)35(44)38-26(23-12-10-9-11-13-23)16-30(42)47-28-15-24-14-25-31(27(41)17-29-37(25,18-45-29)48-22(5)40)33(43)34(46-21(4)39)32(20(28)3)36(24,6)7/h8-14,16,25-29,34,41H,15,17-18H2,1-7H3,(H,38,44)/b19-8+/t25?,26-,27+,28+,29-,34-,37-/m1/s1. The summed E-state index contributed by atoms with van der Waals surface area (Å²) in [7, 11) is 0. The average molecular weight is 662 g/mol. The number of amides is 1. The number of aliphatic hydroxyl groups is 1. The first kappa shape index (κ1) is 35.5. The Kier molecular flexibility index (Phi) is 10.0. The molecule has 11 heteroatoms. The molecule has 2 saturated carbocycles. The van der Waals surface area contributed by atoms with Crippen LogP contribution in [0.4, 0.5) is 0 Å². The largest absolute Gasteiger partial charge is 0.458 e. The van der Waals surface area contributed by atoms with Crippen molar-refractivity contribution in [2.45, 2.75) is 97.4 Å².